The highest BCUT2D eigenvalue weighted by atomic mass is 16.1. The summed E-state index contributed by atoms with van der Waals surface area (Å²) in [6.45, 7) is 5.89. The van der Waals surface area contributed by atoms with E-state index in [1.165, 1.54) is 6.33 Å². The van der Waals surface area contributed by atoms with Crippen LogP contribution >= 0.6 is 0 Å². The molecular weight excluding hydrogens is 362 g/mol. The molecule has 2 aromatic carbocycles. The summed E-state index contributed by atoms with van der Waals surface area (Å²) >= 11 is 0. The fraction of sp³-hybridized carbons (Fsp3) is 0.174. The van der Waals surface area contributed by atoms with Gasteiger partial charge in [0.1, 0.15) is 12.4 Å². The van der Waals surface area contributed by atoms with Crippen LogP contribution in [0.1, 0.15) is 31.0 Å². The Morgan fingerprint density at radius 2 is 1.83 bits per heavy atom. The Bertz CT molecular complexity index is 1110. The third-order valence-corrected chi connectivity index (χ3v) is 5.06. The predicted octanol–water partition coefficient (Wildman–Crippen LogP) is 4.57. The lowest BCUT2D eigenvalue weighted by Gasteiger charge is -2.29. The molecule has 1 aliphatic heterocycles. The van der Waals surface area contributed by atoms with Gasteiger partial charge in [-0.2, -0.15) is 10.1 Å². The second-order valence-electron chi connectivity index (χ2n) is 7.16. The van der Waals surface area contributed by atoms with Crippen LogP contribution in [0.25, 0.3) is 6.08 Å². The molecule has 4 rings (SSSR count). The standard InChI is InChI=1S/C23H23N5O/c1-15-9-7-8-12-19(15)27-22(29)20-17(3)26-23-24-14-25-28(23)21(20)16(2)13-18-10-5-4-6-11-18/h4-14,21H,1-3H3,(H,27,29)(H,24,25,26)/b16-13+. The molecule has 6 nitrogen and oxygen atoms in total. The molecule has 29 heavy (non-hydrogen) atoms. The summed E-state index contributed by atoms with van der Waals surface area (Å²) in [6.07, 6.45) is 3.58. The number of hydrogen-bond donors (Lipinski definition) is 2. The molecule has 146 valence electrons. The Morgan fingerprint density at radius 1 is 1.10 bits per heavy atom. The summed E-state index contributed by atoms with van der Waals surface area (Å²) in [6, 6.07) is 17.4. The van der Waals surface area contributed by atoms with E-state index in [9.17, 15) is 4.79 Å². The van der Waals surface area contributed by atoms with E-state index in [2.05, 4.69) is 26.8 Å². The fourth-order valence-corrected chi connectivity index (χ4v) is 3.60. The highest BCUT2D eigenvalue weighted by Crippen LogP contribution is 2.36. The van der Waals surface area contributed by atoms with E-state index >= 15 is 0 Å². The minimum atomic E-state index is -0.349. The van der Waals surface area contributed by atoms with Crippen molar-refractivity contribution >= 4 is 23.6 Å². The van der Waals surface area contributed by atoms with E-state index in [1.54, 1.807) is 4.68 Å². The maximum atomic E-state index is 13.3. The minimum absolute atomic E-state index is 0.156. The van der Waals surface area contributed by atoms with E-state index in [4.69, 9.17) is 0 Å². The number of aryl methyl sites for hydroxylation is 1. The van der Waals surface area contributed by atoms with Gasteiger partial charge in [-0.05, 0) is 43.5 Å². The molecule has 0 saturated heterocycles. The van der Waals surface area contributed by atoms with Gasteiger partial charge in [0.05, 0.1) is 5.57 Å². The molecule has 1 unspecified atom stereocenters. The molecule has 6 heteroatoms. The number of hydrogen-bond acceptors (Lipinski definition) is 4. The number of amides is 1. The summed E-state index contributed by atoms with van der Waals surface area (Å²) in [7, 11) is 0. The first kappa shape index (κ1) is 18.7. The average Bonchev–Trinajstić information content (AvgIpc) is 3.17. The molecule has 3 aromatic rings. The van der Waals surface area contributed by atoms with Crippen LogP contribution in [0, 0.1) is 6.92 Å². The van der Waals surface area contributed by atoms with Crippen molar-refractivity contribution in [3.63, 3.8) is 0 Å². The zero-order valence-electron chi connectivity index (χ0n) is 16.7. The van der Waals surface area contributed by atoms with Crippen LogP contribution in [0.5, 0.6) is 0 Å². The van der Waals surface area contributed by atoms with Crippen molar-refractivity contribution in [2.24, 2.45) is 0 Å². The lowest BCUT2D eigenvalue weighted by atomic mass is 9.94. The number of carbonyl (C=O) groups is 1. The second kappa shape index (κ2) is 7.75. The molecule has 2 heterocycles. The molecule has 1 aliphatic rings. The first-order valence-electron chi connectivity index (χ1n) is 9.52. The molecule has 0 fully saturated rings. The molecule has 0 saturated carbocycles. The van der Waals surface area contributed by atoms with Crippen molar-refractivity contribution in [2.75, 3.05) is 10.6 Å². The summed E-state index contributed by atoms with van der Waals surface area (Å²) in [4.78, 5) is 17.6. The van der Waals surface area contributed by atoms with Crippen molar-refractivity contribution in [3.05, 3.63) is 88.9 Å². The van der Waals surface area contributed by atoms with Crippen LogP contribution in [0.4, 0.5) is 11.6 Å². The highest BCUT2D eigenvalue weighted by molar-refractivity contribution is 6.06. The normalized spacial score (nSPS) is 16.2. The summed E-state index contributed by atoms with van der Waals surface area (Å²) in [5.74, 6) is 0.469. The van der Waals surface area contributed by atoms with E-state index in [0.29, 0.717) is 11.5 Å². The Kier molecular flexibility index (Phi) is 4.99. The quantitative estimate of drug-likeness (QED) is 0.690. The van der Waals surface area contributed by atoms with Crippen LogP contribution in [-0.2, 0) is 4.79 Å². The van der Waals surface area contributed by atoms with Gasteiger partial charge in [-0.1, -0.05) is 54.6 Å². The van der Waals surface area contributed by atoms with Gasteiger partial charge < -0.3 is 10.6 Å². The minimum Gasteiger partial charge on any atom is -0.328 e. The van der Waals surface area contributed by atoms with E-state index < -0.39 is 0 Å². The topological polar surface area (TPSA) is 71.8 Å². The fourth-order valence-electron chi connectivity index (χ4n) is 3.60. The van der Waals surface area contributed by atoms with Crippen molar-refractivity contribution in [1.82, 2.24) is 14.8 Å². The van der Waals surface area contributed by atoms with E-state index in [0.717, 1.165) is 28.1 Å². The molecule has 0 bridgehead atoms. The Hall–Kier alpha value is -3.67. The van der Waals surface area contributed by atoms with E-state index in [-0.39, 0.29) is 11.9 Å². The Morgan fingerprint density at radius 3 is 2.59 bits per heavy atom. The van der Waals surface area contributed by atoms with Gasteiger partial charge in [0.2, 0.25) is 5.95 Å². The molecule has 1 atom stereocenters. The molecule has 1 aromatic heterocycles. The zero-order valence-corrected chi connectivity index (χ0v) is 16.7. The third-order valence-electron chi connectivity index (χ3n) is 5.06. The molecule has 2 N–H and O–H groups in total. The predicted molar refractivity (Wildman–Crippen MR) is 115 cm³/mol. The van der Waals surface area contributed by atoms with Crippen LogP contribution < -0.4 is 10.6 Å². The summed E-state index contributed by atoms with van der Waals surface area (Å²) in [5, 5.41) is 10.6. The second-order valence-corrected chi connectivity index (χ2v) is 7.16. The van der Waals surface area contributed by atoms with Crippen molar-refractivity contribution < 1.29 is 4.79 Å². The third kappa shape index (κ3) is 3.69. The number of aromatic nitrogens is 3. The maximum absolute atomic E-state index is 13.3. The van der Waals surface area contributed by atoms with Crippen molar-refractivity contribution in [2.45, 2.75) is 26.8 Å². The lowest BCUT2D eigenvalue weighted by Crippen LogP contribution is -2.31. The molecule has 0 radical (unpaired) electrons. The highest BCUT2D eigenvalue weighted by Gasteiger charge is 2.33. The maximum Gasteiger partial charge on any atom is 0.255 e. The summed E-state index contributed by atoms with van der Waals surface area (Å²) < 4.78 is 1.76. The monoisotopic (exact) mass is 385 g/mol. The summed E-state index contributed by atoms with van der Waals surface area (Å²) in [5.41, 5.74) is 5.27. The van der Waals surface area contributed by atoms with Crippen molar-refractivity contribution in [1.29, 1.82) is 0 Å². The van der Waals surface area contributed by atoms with Gasteiger partial charge >= 0.3 is 0 Å². The van der Waals surface area contributed by atoms with Gasteiger partial charge in [0.15, 0.2) is 0 Å². The number of fused-ring (bicyclic) bond motifs is 1. The number of carbonyl (C=O) groups excluding carboxylic acids is 1. The number of nitrogens with zero attached hydrogens (tertiary/aromatic N) is 3. The number of anilines is 2. The number of allylic oxidation sites excluding steroid dienone is 2. The molecule has 1 amide bonds. The SMILES string of the molecule is CC1=C(C(=O)Nc2ccccc2C)C(/C(C)=C/c2ccccc2)n2ncnc2N1. The first-order chi connectivity index (χ1) is 14.0. The van der Waals surface area contributed by atoms with E-state index in [1.807, 2.05) is 75.4 Å². The largest absolute Gasteiger partial charge is 0.328 e. The van der Waals surface area contributed by atoms with Gasteiger partial charge in [0, 0.05) is 11.4 Å². The Balaban J connectivity index is 1.75. The number of para-hydroxylation sites is 1. The number of nitrogens with one attached hydrogen (secondary N) is 2. The van der Waals surface area contributed by atoms with Crippen molar-refractivity contribution in [3.8, 4) is 0 Å². The van der Waals surface area contributed by atoms with Crippen LogP contribution in [0.2, 0.25) is 0 Å². The molecule has 0 spiro atoms. The number of benzene rings is 2. The van der Waals surface area contributed by atoms with Crippen LogP contribution in [-0.4, -0.2) is 20.7 Å². The first-order valence-corrected chi connectivity index (χ1v) is 9.52. The lowest BCUT2D eigenvalue weighted by molar-refractivity contribution is -0.113. The average molecular weight is 385 g/mol. The van der Waals surface area contributed by atoms with Crippen LogP contribution in [0.15, 0.2) is 77.8 Å². The van der Waals surface area contributed by atoms with Gasteiger partial charge in [0.25, 0.3) is 5.91 Å². The van der Waals surface area contributed by atoms with Gasteiger partial charge in [-0.15, -0.1) is 0 Å². The zero-order chi connectivity index (χ0) is 20.4. The Labute approximate surface area is 170 Å². The smallest absolute Gasteiger partial charge is 0.255 e. The van der Waals surface area contributed by atoms with Gasteiger partial charge in [-0.25, -0.2) is 4.68 Å². The molecular formula is C23H23N5O. The number of rotatable bonds is 4. The van der Waals surface area contributed by atoms with Crippen LogP contribution in [0.3, 0.4) is 0 Å². The molecule has 0 aliphatic carbocycles. The van der Waals surface area contributed by atoms with Gasteiger partial charge in [-0.3, -0.25) is 4.79 Å².